The minimum absolute atomic E-state index is 0.267. The van der Waals surface area contributed by atoms with E-state index < -0.39 is 17.7 Å². The van der Waals surface area contributed by atoms with Crippen LogP contribution in [0.4, 0.5) is 14.5 Å². The highest BCUT2D eigenvalue weighted by Gasteiger charge is 2.13. The van der Waals surface area contributed by atoms with Crippen LogP contribution in [0.25, 0.3) is 0 Å². The van der Waals surface area contributed by atoms with Crippen molar-refractivity contribution in [2.45, 2.75) is 6.04 Å². The fourth-order valence-corrected chi connectivity index (χ4v) is 1.70. The lowest BCUT2D eigenvalue weighted by atomic mass is 10.1. The zero-order chi connectivity index (χ0) is 13.8. The molecule has 0 radical (unpaired) electrons. The van der Waals surface area contributed by atoms with Gasteiger partial charge >= 0.3 is 0 Å². The van der Waals surface area contributed by atoms with Crippen LogP contribution in [0.1, 0.15) is 11.6 Å². The number of hydrogen-bond acceptors (Lipinski definition) is 3. The Labute approximate surface area is 108 Å². The summed E-state index contributed by atoms with van der Waals surface area (Å²) >= 11 is 0. The van der Waals surface area contributed by atoms with Crippen LogP contribution < -0.4 is 5.32 Å². The van der Waals surface area contributed by atoms with E-state index in [1.807, 2.05) is 6.07 Å². The lowest BCUT2D eigenvalue weighted by Crippen LogP contribution is -2.08. The summed E-state index contributed by atoms with van der Waals surface area (Å²) in [5, 5.41) is 21.2. The zero-order valence-electron chi connectivity index (χ0n) is 9.77. The molecule has 2 N–H and O–H groups in total. The number of benzene rings is 2. The molecule has 19 heavy (non-hydrogen) atoms. The molecule has 0 bridgehead atoms. The number of aromatic hydroxyl groups is 1. The normalized spacial score (nSPS) is 11.6. The largest absolute Gasteiger partial charge is 0.508 e. The zero-order valence-corrected chi connectivity index (χ0v) is 9.77. The van der Waals surface area contributed by atoms with Crippen LogP contribution in [0.3, 0.4) is 0 Å². The second kappa shape index (κ2) is 5.36. The van der Waals surface area contributed by atoms with Crippen molar-refractivity contribution in [2.75, 3.05) is 5.32 Å². The van der Waals surface area contributed by atoms with Gasteiger partial charge in [-0.2, -0.15) is 5.26 Å². The molecule has 0 saturated carbocycles. The molecule has 0 aromatic heterocycles. The Bertz CT molecular complexity index is 617. The van der Waals surface area contributed by atoms with Gasteiger partial charge in [-0.25, -0.2) is 8.78 Å². The number of halogens is 2. The first kappa shape index (κ1) is 12.8. The number of phenols is 1. The minimum atomic E-state index is -0.886. The third-order valence-electron chi connectivity index (χ3n) is 2.50. The molecule has 0 heterocycles. The van der Waals surface area contributed by atoms with Crippen molar-refractivity contribution in [2.24, 2.45) is 0 Å². The van der Waals surface area contributed by atoms with E-state index in [1.165, 1.54) is 24.3 Å². The van der Waals surface area contributed by atoms with E-state index in [2.05, 4.69) is 5.32 Å². The third-order valence-corrected chi connectivity index (χ3v) is 2.50. The molecule has 0 spiro atoms. The Morgan fingerprint density at radius 2 is 1.89 bits per heavy atom. The summed E-state index contributed by atoms with van der Waals surface area (Å²) in [6, 6.07) is 10.00. The molecule has 0 aliphatic heterocycles. The van der Waals surface area contributed by atoms with Crippen LogP contribution in [0.5, 0.6) is 5.75 Å². The number of nitriles is 1. The molecular weight excluding hydrogens is 250 g/mol. The standard InChI is InChI=1S/C14H10F2N2O/c15-10-2-1-3-12(6-10)18-14(8-17)9-4-11(16)7-13(19)5-9/h1-7,14,18-19H. The SMILES string of the molecule is N#CC(Nc1cccc(F)c1)c1cc(O)cc(F)c1. The fourth-order valence-electron chi connectivity index (χ4n) is 1.70. The summed E-state index contributed by atoms with van der Waals surface area (Å²) in [7, 11) is 0. The van der Waals surface area contributed by atoms with E-state index in [0.29, 0.717) is 5.69 Å². The first-order valence-electron chi connectivity index (χ1n) is 5.49. The smallest absolute Gasteiger partial charge is 0.140 e. The van der Waals surface area contributed by atoms with E-state index in [1.54, 1.807) is 6.07 Å². The molecule has 5 heteroatoms. The number of hydrogen-bond donors (Lipinski definition) is 2. The van der Waals surface area contributed by atoms with Crippen molar-refractivity contribution >= 4 is 5.69 Å². The maximum atomic E-state index is 13.2. The summed E-state index contributed by atoms with van der Waals surface area (Å²) in [4.78, 5) is 0. The Balaban J connectivity index is 2.28. The molecule has 0 aliphatic rings. The molecule has 96 valence electrons. The van der Waals surface area contributed by atoms with Crippen LogP contribution in [0, 0.1) is 23.0 Å². The first-order chi connectivity index (χ1) is 9.08. The van der Waals surface area contributed by atoms with Gasteiger partial charge in [-0.1, -0.05) is 6.07 Å². The molecule has 1 atom stereocenters. The van der Waals surface area contributed by atoms with Gasteiger partial charge in [0, 0.05) is 11.8 Å². The Hall–Kier alpha value is -2.61. The number of nitrogens with zero attached hydrogens (tertiary/aromatic N) is 1. The maximum Gasteiger partial charge on any atom is 0.140 e. The van der Waals surface area contributed by atoms with E-state index in [9.17, 15) is 13.9 Å². The average molecular weight is 260 g/mol. The highest BCUT2D eigenvalue weighted by Crippen LogP contribution is 2.24. The van der Waals surface area contributed by atoms with Gasteiger partial charge in [-0.15, -0.1) is 0 Å². The van der Waals surface area contributed by atoms with E-state index in [-0.39, 0.29) is 11.3 Å². The fraction of sp³-hybridized carbons (Fsp3) is 0.0714. The second-order valence-electron chi connectivity index (χ2n) is 3.96. The van der Waals surface area contributed by atoms with Crippen molar-refractivity contribution in [1.29, 1.82) is 5.26 Å². The molecular formula is C14H10F2N2O. The molecule has 3 nitrogen and oxygen atoms in total. The summed E-state index contributed by atoms with van der Waals surface area (Å²) in [6.07, 6.45) is 0. The minimum Gasteiger partial charge on any atom is -0.508 e. The lowest BCUT2D eigenvalue weighted by Gasteiger charge is -2.13. The van der Waals surface area contributed by atoms with Crippen molar-refractivity contribution in [1.82, 2.24) is 0 Å². The quantitative estimate of drug-likeness (QED) is 0.889. The highest BCUT2D eigenvalue weighted by atomic mass is 19.1. The van der Waals surface area contributed by atoms with Crippen molar-refractivity contribution in [3.63, 3.8) is 0 Å². The molecule has 0 amide bonds. The summed E-state index contributed by atoms with van der Waals surface area (Å²) in [5.41, 5.74) is 0.666. The molecule has 0 fully saturated rings. The van der Waals surface area contributed by atoms with Gasteiger partial charge in [0.05, 0.1) is 6.07 Å². The van der Waals surface area contributed by atoms with Crippen molar-refractivity contribution in [3.8, 4) is 11.8 Å². The predicted octanol–water partition coefficient (Wildman–Crippen LogP) is 3.35. The van der Waals surface area contributed by atoms with Gasteiger partial charge in [-0.05, 0) is 35.9 Å². The van der Waals surface area contributed by atoms with Gasteiger partial charge < -0.3 is 10.4 Å². The molecule has 2 aromatic rings. The van der Waals surface area contributed by atoms with Gasteiger partial charge in [0.1, 0.15) is 23.4 Å². The van der Waals surface area contributed by atoms with Gasteiger partial charge in [0.15, 0.2) is 0 Å². The van der Waals surface area contributed by atoms with Crippen molar-refractivity contribution in [3.05, 3.63) is 59.7 Å². The van der Waals surface area contributed by atoms with Gasteiger partial charge in [0.25, 0.3) is 0 Å². The van der Waals surface area contributed by atoms with Crippen LogP contribution in [-0.4, -0.2) is 5.11 Å². The predicted molar refractivity (Wildman–Crippen MR) is 66.4 cm³/mol. The van der Waals surface area contributed by atoms with E-state index >= 15 is 0 Å². The third kappa shape index (κ3) is 3.19. The van der Waals surface area contributed by atoms with Crippen LogP contribution in [0.15, 0.2) is 42.5 Å². The summed E-state index contributed by atoms with van der Waals surface area (Å²) in [5.74, 6) is -1.35. The van der Waals surface area contributed by atoms with Gasteiger partial charge in [-0.3, -0.25) is 0 Å². The van der Waals surface area contributed by atoms with Gasteiger partial charge in [0.2, 0.25) is 0 Å². The molecule has 0 aliphatic carbocycles. The maximum absolute atomic E-state index is 13.2. The molecule has 1 unspecified atom stereocenters. The first-order valence-corrected chi connectivity index (χ1v) is 5.49. The number of anilines is 1. The molecule has 2 aromatic carbocycles. The van der Waals surface area contributed by atoms with Crippen LogP contribution in [0.2, 0.25) is 0 Å². The summed E-state index contributed by atoms with van der Waals surface area (Å²) in [6.45, 7) is 0. The Kier molecular flexibility index (Phi) is 3.62. The van der Waals surface area contributed by atoms with Crippen LogP contribution in [-0.2, 0) is 0 Å². The Morgan fingerprint density at radius 1 is 1.11 bits per heavy atom. The summed E-state index contributed by atoms with van der Waals surface area (Å²) < 4.78 is 26.2. The topological polar surface area (TPSA) is 56.0 Å². The monoisotopic (exact) mass is 260 g/mol. The number of nitrogens with one attached hydrogen (secondary N) is 1. The molecule has 2 rings (SSSR count). The van der Waals surface area contributed by atoms with E-state index in [4.69, 9.17) is 5.26 Å². The van der Waals surface area contributed by atoms with E-state index in [0.717, 1.165) is 12.1 Å². The van der Waals surface area contributed by atoms with Crippen LogP contribution >= 0.6 is 0 Å². The van der Waals surface area contributed by atoms with Crippen molar-refractivity contribution < 1.29 is 13.9 Å². The Morgan fingerprint density at radius 3 is 2.53 bits per heavy atom. The highest BCUT2D eigenvalue weighted by molar-refractivity contribution is 5.48. The number of rotatable bonds is 3. The molecule has 0 saturated heterocycles. The average Bonchev–Trinajstić information content (AvgIpc) is 2.34. The lowest BCUT2D eigenvalue weighted by molar-refractivity contribution is 0.468. The number of phenolic OH excluding ortho intramolecular Hbond substituents is 1. The second-order valence-corrected chi connectivity index (χ2v) is 3.96.